The number of nitrogens with zero attached hydrogens (tertiary/aromatic N) is 2. The molecule has 168 valence electrons. The highest BCUT2D eigenvalue weighted by Gasteiger charge is 2.19. The van der Waals surface area contributed by atoms with Crippen molar-refractivity contribution in [2.45, 2.75) is 39.8 Å². The summed E-state index contributed by atoms with van der Waals surface area (Å²) in [7, 11) is 0. The van der Waals surface area contributed by atoms with Gasteiger partial charge in [0.15, 0.2) is 0 Å². The van der Waals surface area contributed by atoms with Crippen LogP contribution >= 0.6 is 11.3 Å². The van der Waals surface area contributed by atoms with Crippen LogP contribution in [0.5, 0.6) is 0 Å². The van der Waals surface area contributed by atoms with Crippen molar-refractivity contribution >= 4 is 34.1 Å². The quantitative estimate of drug-likeness (QED) is 0.384. The molecule has 6 nitrogen and oxygen atoms in total. The van der Waals surface area contributed by atoms with E-state index in [-0.39, 0.29) is 18.9 Å². The second-order valence-electron chi connectivity index (χ2n) is 7.68. The zero-order valence-electron chi connectivity index (χ0n) is 18.6. The Balaban J connectivity index is 1.38. The summed E-state index contributed by atoms with van der Waals surface area (Å²) >= 11 is 1.39. The average Bonchev–Trinajstić information content (AvgIpc) is 3.28. The smallest absolute Gasteiger partial charge is 0.339 e. The molecule has 2 aromatic carbocycles. The highest BCUT2D eigenvalue weighted by molar-refractivity contribution is 7.09. The first-order valence-electron chi connectivity index (χ1n) is 10.8. The number of carbonyl (C=O) groups is 2. The lowest BCUT2D eigenvalue weighted by atomic mass is 10.0. The van der Waals surface area contributed by atoms with Crippen LogP contribution in [0.4, 0.5) is 0 Å². The van der Waals surface area contributed by atoms with Crippen molar-refractivity contribution in [2.24, 2.45) is 0 Å². The molecule has 0 fully saturated rings. The van der Waals surface area contributed by atoms with Crippen molar-refractivity contribution in [3.63, 3.8) is 0 Å². The first-order valence-corrected chi connectivity index (χ1v) is 11.7. The van der Waals surface area contributed by atoms with Crippen LogP contribution in [0, 0.1) is 6.92 Å². The number of carbonyl (C=O) groups excluding carboxylic acids is 2. The Hall–Kier alpha value is -3.58. The van der Waals surface area contributed by atoms with Gasteiger partial charge in [-0.05, 0) is 30.5 Å². The van der Waals surface area contributed by atoms with Crippen molar-refractivity contribution in [3.8, 4) is 0 Å². The van der Waals surface area contributed by atoms with Gasteiger partial charge < -0.3 is 10.1 Å². The van der Waals surface area contributed by atoms with Crippen molar-refractivity contribution in [1.29, 1.82) is 0 Å². The average molecular weight is 460 g/mol. The zero-order chi connectivity index (χ0) is 23.2. The molecule has 2 heterocycles. The highest BCUT2D eigenvalue weighted by Crippen LogP contribution is 2.25. The molecule has 0 saturated heterocycles. The normalized spacial score (nSPS) is 10.8. The SMILES string of the molecule is CCc1nc2ccccc2c(C(=O)OCc2csc(CC(=O)NCc3ccccc3)n2)c1C. The van der Waals surface area contributed by atoms with Crippen molar-refractivity contribution < 1.29 is 14.3 Å². The summed E-state index contributed by atoms with van der Waals surface area (Å²) in [6.45, 7) is 4.46. The molecular weight excluding hydrogens is 434 g/mol. The predicted octanol–water partition coefficient (Wildman–Crippen LogP) is 4.78. The minimum Gasteiger partial charge on any atom is -0.456 e. The maximum atomic E-state index is 13.0. The van der Waals surface area contributed by atoms with Gasteiger partial charge in [-0.25, -0.2) is 9.78 Å². The molecule has 7 heteroatoms. The van der Waals surface area contributed by atoms with E-state index < -0.39 is 5.97 Å². The number of esters is 1. The number of amides is 1. The van der Waals surface area contributed by atoms with Gasteiger partial charge in [0.2, 0.25) is 5.91 Å². The summed E-state index contributed by atoms with van der Waals surface area (Å²) in [5.41, 5.74) is 4.74. The number of hydrogen-bond donors (Lipinski definition) is 1. The summed E-state index contributed by atoms with van der Waals surface area (Å²) in [5.74, 6) is -0.487. The van der Waals surface area contributed by atoms with Gasteiger partial charge in [-0.1, -0.05) is 55.5 Å². The third-order valence-corrected chi connectivity index (χ3v) is 6.27. The summed E-state index contributed by atoms with van der Waals surface area (Å²) < 4.78 is 5.60. The number of benzene rings is 2. The number of rotatable bonds is 8. The summed E-state index contributed by atoms with van der Waals surface area (Å²) in [6, 6.07) is 17.3. The monoisotopic (exact) mass is 459 g/mol. The lowest BCUT2D eigenvalue weighted by molar-refractivity contribution is -0.120. The number of nitrogens with one attached hydrogen (secondary N) is 1. The Morgan fingerprint density at radius 2 is 1.79 bits per heavy atom. The largest absolute Gasteiger partial charge is 0.456 e. The second-order valence-corrected chi connectivity index (χ2v) is 8.62. The van der Waals surface area contributed by atoms with Crippen molar-refractivity contribution in [1.82, 2.24) is 15.3 Å². The minimum atomic E-state index is -0.393. The van der Waals surface area contributed by atoms with Crippen molar-refractivity contribution in [2.75, 3.05) is 0 Å². The maximum absolute atomic E-state index is 13.0. The lowest BCUT2D eigenvalue weighted by Gasteiger charge is -2.13. The van der Waals surface area contributed by atoms with Gasteiger partial charge in [0.1, 0.15) is 11.6 Å². The molecule has 0 aliphatic rings. The van der Waals surface area contributed by atoms with Gasteiger partial charge in [0, 0.05) is 23.0 Å². The van der Waals surface area contributed by atoms with Gasteiger partial charge >= 0.3 is 5.97 Å². The standard InChI is InChI=1S/C26H25N3O3S/c1-3-21-17(2)25(20-11-7-8-12-22(20)29-21)26(31)32-15-19-16-33-24(28-19)13-23(30)27-14-18-9-5-4-6-10-18/h4-12,16H,3,13-15H2,1-2H3,(H,27,30). The Morgan fingerprint density at radius 1 is 1.03 bits per heavy atom. The molecule has 0 aliphatic carbocycles. The molecule has 33 heavy (non-hydrogen) atoms. The van der Waals surface area contributed by atoms with Crippen LogP contribution in [0.3, 0.4) is 0 Å². The van der Waals surface area contributed by atoms with Crippen LogP contribution in [0.25, 0.3) is 10.9 Å². The fourth-order valence-corrected chi connectivity index (χ4v) is 4.45. The first-order chi connectivity index (χ1) is 16.0. The first kappa shape index (κ1) is 22.6. The number of hydrogen-bond acceptors (Lipinski definition) is 6. The summed E-state index contributed by atoms with van der Waals surface area (Å²) in [4.78, 5) is 34.3. The fraction of sp³-hybridized carbons (Fsp3) is 0.231. The van der Waals surface area contributed by atoms with E-state index in [2.05, 4.69) is 15.3 Å². The zero-order valence-corrected chi connectivity index (χ0v) is 19.4. The van der Waals surface area contributed by atoms with Crippen LogP contribution in [0.1, 0.15) is 44.8 Å². The van der Waals surface area contributed by atoms with Gasteiger partial charge in [0.05, 0.1) is 23.2 Å². The van der Waals surface area contributed by atoms with Crippen LogP contribution in [0.2, 0.25) is 0 Å². The number of aryl methyl sites for hydroxylation is 1. The summed E-state index contributed by atoms with van der Waals surface area (Å²) in [6.07, 6.45) is 0.929. The Labute approximate surface area is 196 Å². The van der Waals surface area contributed by atoms with Gasteiger partial charge in [-0.15, -0.1) is 11.3 Å². The number of aromatic nitrogens is 2. The third-order valence-electron chi connectivity index (χ3n) is 5.37. The van der Waals surface area contributed by atoms with Gasteiger partial charge in [-0.3, -0.25) is 9.78 Å². The van der Waals surface area contributed by atoms with E-state index in [9.17, 15) is 9.59 Å². The van der Waals surface area contributed by atoms with E-state index in [0.29, 0.717) is 22.8 Å². The molecule has 1 N–H and O–H groups in total. The van der Waals surface area contributed by atoms with Crippen LogP contribution in [0.15, 0.2) is 60.0 Å². The number of thiazole rings is 1. The lowest BCUT2D eigenvalue weighted by Crippen LogP contribution is -2.24. The molecule has 1 amide bonds. The maximum Gasteiger partial charge on any atom is 0.339 e. The van der Waals surface area contributed by atoms with Crippen molar-refractivity contribution in [3.05, 3.63) is 93.1 Å². The number of para-hydroxylation sites is 1. The van der Waals surface area contributed by atoms with Crippen LogP contribution in [-0.2, 0) is 35.5 Å². The Kier molecular flexibility index (Phi) is 7.10. The molecule has 0 radical (unpaired) electrons. The third kappa shape index (κ3) is 5.43. The molecular formula is C26H25N3O3S. The molecule has 0 spiro atoms. The number of pyridine rings is 1. The molecule has 4 aromatic rings. The van der Waals surface area contributed by atoms with Crippen LogP contribution < -0.4 is 5.32 Å². The molecule has 0 saturated carbocycles. The predicted molar refractivity (Wildman–Crippen MR) is 129 cm³/mol. The topological polar surface area (TPSA) is 81.2 Å². The molecule has 0 atom stereocenters. The molecule has 2 aromatic heterocycles. The van der Waals surface area contributed by atoms with E-state index in [4.69, 9.17) is 4.74 Å². The number of ether oxygens (including phenoxy) is 1. The Morgan fingerprint density at radius 3 is 2.58 bits per heavy atom. The summed E-state index contributed by atoms with van der Waals surface area (Å²) in [5, 5.41) is 6.19. The molecule has 4 rings (SSSR count). The van der Waals surface area contributed by atoms with E-state index in [0.717, 1.165) is 34.1 Å². The van der Waals surface area contributed by atoms with Gasteiger partial charge in [0.25, 0.3) is 0 Å². The van der Waals surface area contributed by atoms with E-state index in [1.807, 2.05) is 73.8 Å². The van der Waals surface area contributed by atoms with E-state index in [1.165, 1.54) is 11.3 Å². The van der Waals surface area contributed by atoms with Crippen LogP contribution in [-0.4, -0.2) is 21.8 Å². The molecule has 0 unspecified atom stereocenters. The highest BCUT2D eigenvalue weighted by atomic mass is 32.1. The second kappa shape index (κ2) is 10.4. The van der Waals surface area contributed by atoms with E-state index in [1.54, 1.807) is 0 Å². The fourth-order valence-electron chi connectivity index (χ4n) is 3.67. The van der Waals surface area contributed by atoms with E-state index >= 15 is 0 Å². The molecule has 0 aliphatic heterocycles. The molecule has 0 bridgehead atoms. The van der Waals surface area contributed by atoms with Gasteiger partial charge in [-0.2, -0.15) is 0 Å². The number of fused-ring (bicyclic) bond motifs is 1. The minimum absolute atomic E-state index is 0.0541. The Bertz CT molecular complexity index is 1280.